The minimum atomic E-state index is -0.391. The molecular weight excluding hydrogens is 302 g/mol. The second kappa shape index (κ2) is 5.72. The molecule has 2 aromatic heterocycles. The van der Waals surface area contributed by atoms with Crippen LogP contribution in [0, 0.1) is 24.0 Å². The van der Waals surface area contributed by atoms with Crippen LogP contribution in [0.2, 0.25) is 0 Å². The van der Waals surface area contributed by atoms with Crippen molar-refractivity contribution in [2.75, 3.05) is 0 Å². The van der Waals surface area contributed by atoms with E-state index in [1.54, 1.807) is 12.1 Å². The first-order valence-electron chi connectivity index (χ1n) is 6.60. The lowest BCUT2D eigenvalue weighted by molar-refractivity contribution is -0.384. The van der Waals surface area contributed by atoms with Gasteiger partial charge in [0, 0.05) is 29.3 Å². The number of aromatic nitrogens is 4. The number of hydrogen-bond donors (Lipinski definition) is 0. The smallest absolute Gasteiger partial charge is 0.259 e. The van der Waals surface area contributed by atoms with Crippen molar-refractivity contribution in [2.24, 2.45) is 0 Å². The molecule has 0 amide bonds. The Bertz CT molecular complexity index is 862. The summed E-state index contributed by atoms with van der Waals surface area (Å²) < 4.78 is 1.88. The van der Waals surface area contributed by atoms with Crippen LogP contribution in [-0.4, -0.2) is 24.5 Å². The van der Waals surface area contributed by atoms with Gasteiger partial charge in [-0.05, 0) is 25.5 Å². The highest BCUT2D eigenvalue weighted by Crippen LogP contribution is 2.24. The van der Waals surface area contributed by atoms with Crippen LogP contribution in [0.4, 0.5) is 5.69 Å². The summed E-state index contributed by atoms with van der Waals surface area (Å²) in [6.07, 6.45) is 0. The topological polar surface area (TPSA) is 86.2 Å². The molecule has 8 heteroatoms. The fourth-order valence-corrected chi connectivity index (χ4v) is 3.13. The Morgan fingerprint density at radius 1 is 1.27 bits per heavy atom. The third kappa shape index (κ3) is 2.77. The molecule has 3 rings (SSSR count). The largest absolute Gasteiger partial charge is 0.269 e. The number of rotatable bonds is 4. The summed E-state index contributed by atoms with van der Waals surface area (Å²) in [6, 6.07) is 8.57. The molecule has 22 heavy (non-hydrogen) atoms. The number of nitro groups is 1. The average Bonchev–Trinajstić information content (AvgIpc) is 2.88. The van der Waals surface area contributed by atoms with Gasteiger partial charge in [0.25, 0.3) is 11.5 Å². The van der Waals surface area contributed by atoms with E-state index in [4.69, 9.17) is 0 Å². The number of benzene rings is 1. The van der Waals surface area contributed by atoms with E-state index in [1.165, 1.54) is 17.8 Å². The first kappa shape index (κ1) is 14.5. The lowest BCUT2D eigenvalue weighted by Gasteiger charge is -2.04. The highest BCUT2D eigenvalue weighted by molar-refractivity contribution is 7.98. The maximum atomic E-state index is 10.8. The minimum Gasteiger partial charge on any atom is -0.259 e. The van der Waals surface area contributed by atoms with E-state index in [0.29, 0.717) is 11.5 Å². The number of aryl methyl sites for hydroxylation is 2. The predicted molar refractivity (Wildman–Crippen MR) is 82.9 cm³/mol. The van der Waals surface area contributed by atoms with Crippen molar-refractivity contribution in [1.29, 1.82) is 0 Å². The highest BCUT2D eigenvalue weighted by Gasteiger charge is 2.11. The van der Waals surface area contributed by atoms with Crippen LogP contribution in [0.25, 0.3) is 5.78 Å². The third-order valence-electron chi connectivity index (χ3n) is 3.15. The van der Waals surface area contributed by atoms with Crippen LogP contribution in [0.15, 0.2) is 35.5 Å². The molecule has 0 aliphatic heterocycles. The number of non-ortho nitro benzene ring substituents is 1. The highest BCUT2D eigenvalue weighted by atomic mass is 32.2. The molecule has 0 radical (unpaired) electrons. The van der Waals surface area contributed by atoms with Gasteiger partial charge < -0.3 is 0 Å². The van der Waals surface area contributed by atoms with Gasteiger partial charge in [-0.1, -0.05) is 23.9 Å². The molecule has 0 fully saturated rings. The van der Waals surface area contributed by atoms with Crippen LogP contribution in [0.1, 0.15) is 17.0 Å². The van der Waals surface area contributed by atoms with Gasteiger partial charge >= 0.3 is 0 Å². The van der Waals surface area contributed by atoms with Crippen molar-refractivity contribution >= 4 is 23.2 Å². The van der Waals surface area contributed by atoms with E-state index < -0.39 is 4.92 Å². The fraction of sp³-hybridized carbons (Fsp3) is 0.214. The quantitative estimate of drug-likeness (QED) is 0.418. The zero-order valence-electron chi connectivity index (χ0n) is 12.1. The monoisotopic (exact) mass is 315 g/mol. The van der Waals surface area contributed by atoms with E-state index in [-0.39, 0.29) is 5.69 Å². The molecule has 0 unspecified atom stereocenters. The van der Waals surface area contributed by atoms with Crippen LogP contribution in [-0.2, 0) is 5.75 Å². The average molecular weight is 315 g/mol. The Hall–Kier alpha value is -2.48. The molecule has 3 aromatic rings. The predicted octanol–water partition coefficient (Wildman–Crippen LogP) is 2.94. The van der Waals surface area contributed by atoms with E-state index in [2.05, 4.69) is 15.2 Å². The van der Waals surface area contributed by atoms with Crippen molar-refractivity contribution in [1.82, 2.24) is 19.6 Å². The number of nitro benzene ring substituents is 1. The fourth-order valence-electron chi connectivity index (χ4n) is 2.20. The van der Waals surface area contributed by atoms with E-state index in [1.807, 2.05) is 30.4 Å². The maximum absolute atomic E-state index is 10.8. The number of fused-ring (bicyclic) bond motifs is 1. The maximum Gasteiger partial charge on any atom is 0.269 e. The summed E-state index contributed by atoms with van der Waals surface area (Å²) in [4.78, 5) is 14.7. The van der Waals surface area contributed by atoms with Crippen molar-refractivity contribution in [3.05, 3.63) is 57.4 Å². The SMILES string of the molecule is Cc1cc(C)n2c(SCc3cccc([N+](=O)[O-])c3)nnc2n1. The summed E-state index contributed by atoms with van der Waals surface area (Å²) in [5.41, 5.74) is 2.87. The van der Waals surface area contributed by atoms with Crippen molar-refractivity contribution in [3.8, 4) is 0 Å². The van der Waals surface area contributed by atoms with Gasteiger partial charge in [-0.25, -0.2) is 4.98 Å². The van der Waals surface area contributed by atoms with Gasteiger partial charge in [0.05, 0.1) is 4.92 Å². The van der Waals surface area contributed by atoms with Crippen LogP contribution in [0.5, 0.6) is 0 Å². The molecule has 0 spiro atoms. The van der Waals surface area contributed by atoms with E-state index >= 15 is 0 Å². The van der Waals surface area contributed by atoms with Crippen molar-refractivity contribution < 1.29 is 4.92 Å². The van der Waals surface area contributed by atoms with Gasteiger partial charge in [-0.2, -0.15) is 0 Å². The zero-order chi connectivity index (χ0) is 15.7. The first-order chi connectivity index (χ1) is 10.5. The second-order valence-electron chi connectivity index (χ2n) is 4.87. The Balaban J connectivity index is 1.85. The summed E-state index contributed by atoms with van der Waals surface area (Å²) in [6.45, 7) is 3.89. The normalized spacial score (nSPS) is 11.0. The molecule has 0 aliphatic carbocycles. The Kier molecular flexibility index (Phi) is 3.76. The van der Waals surface area contributed by atoms with Crippen molar-refractivity contribution in [3.63, 3.8) is 0 Å². The molecule has 0 N–H and O–H groups in total. The van der Waals surface area contributed by atoms with Gasteiger partial charge in [0.15, 0.2) is 5.16 Å². The van der Waals surface area contributed by atoms with Gasteiger partial charge in [0.1, 0.15) is 0 Å². The number of nitrogens with zero attached hydrogens (tertiary/aromatic N) is 5. The molecule has 0 bridgehead atoms. The van der Waals surface area contributed by atoms with E-state index in [9.17, 15) is 10.1 Å². The molecule has 0 saturated heterocycles. The van der Waals surface area contributed by atoms with E-state index in [0.717, 1.165) is 22.1 Å². The van der Waals surface area contributed by atoms with Crippen LogP contribution in [0.3, 0.4) is 0 Å². The minimum absolute atomic E-state index is 0.0951. The lowest BCUT2D eigenvalue weighted by Crippen LogP contribution is -1.97. The molecule has 0 atom stereocenters. The van der Waals surface area contributed by atoms with Crippen LogP contribution >= 0.6 is 11.8 Å². The summed E-state index contributed by atoms with van der Waals surface area (Å²) in [7, 11) is 0. The third-order valence-corrected chi connectivity index (χ3v) is 4.15. The zero-order valence-corrected chi connectivity index (χ0v) is 12.9. The number of thioether (sulfide) groups is 1. The summed E-state index contributed by atoms with van der Waals surface area (Å²) in [5.74, 6) is 1.15. The first-order valence-corrected chi connectivity index (χ1v) is 7.58. The van der Waals surface area contributed by atoms with Gasteiger partial charge in [0.2, 0.25) is 0 Å². The van der Waals surface area contributed by atoms with Crippen molar-refractivity contribution in [2.45, 2.75) is 24.8 Å². The Morgan fingerprint density at radius 3 is 2.86 bits per heavy atom. The molecule has 2 heterocycles. The Morgan fingerprint density at radius 2 is 2.09 bits per heavy atom. The molecule has 7 nitrogen and oxygen atoms in total. The molecule has 0 aliphatic rings. The Labute approximate surface area is 130 Å². The van der Waals surface area contributed by atoms with Crippen LogP contribution < -0.4 is 0 Å². The second-order valence-corrected chi connectivity index (χ2v) is 5.82. The summed E-state index contributed by atoms with van der Waals surface area (Å²) in [5, 5.41) is 19.8. The molecule has 1 aromatic carbocycles. The summed E-state index contributed by atoms with van der Waals surface area (Å²) >= 11 is 1.48. The molecule has 112 valence electrons. The van der Waals surface area contributed by atoms with Gasteiger partial charge in [-0.15, -0.1) is 10.2 Å². The van der Waals surface area contributed by atoms with Gasteiger partial charge in [-0.3, -0.25) is 14.5 Å². The molecular formula is C14H13N5O2S. The standard InChI is InChI=1S/C14H13N5O2S/c1-9-6-10(2)18-13(15-9)16-17-14(18)22-8-11-4-3-5-12(7-11)19(20)21/h3-7H,8H2,1-2H3. The lowest BCUT2D eigenvalue weighted by atomic mass is 10.2. The molecule has 0 saturated carbocycles. The number of hydrogen-bond acceptors (Lipinski definition) is 6.